The molecule has 4 heteroatoms. The SMILES string of the molecule is CCCCCCCC/C=C/CCCCCCCCCCCCCCCC(=O)N[C@@H](CO)[C@H](O)CCCCCCCCCCCCCCCCCCC. The molecule has 52 heavy (non-hydrogen) atoms. The minimum atomic E-state index is -0.655. The van der Waals surface area contributed by atoms with E-state index < -0.39 is 12.1 Å². The first-order valence-corrected chi connectivity index (χ1v) is 23.9. The van der Waals surface area contributed by atoms with E-state index in [0.29, 0.717) is 12.8 Å². The van der Waals surface area contributed by atoms with Crippen LogP contribution < -0.4 is 5.32 Å². The van der Waals surface area contributed by atoms with Gasteiger partial charge in [0.25, 0.3) is 0 Å². The number of rotatable bonds is 44. The molecular formula is C48H95NO3. The molecule has 0 heterocycles. The molecule has 0 aromatic heterocycles. The predicted molar refractivity (Wildman–Crippen MR) is 230 cm³/mol. The average Bonchev–Trinajstić information content (AvgIpc) is 3.15. The number of amides is 1. The molecule has 4 nitrogen and oxygen atoms in total. The number of allylic oxidation sites excluding steroid dienone is 2. The van der Waals surface area contributed by atoms with Crippen molar-refractivity contribution in [2.45, 2.75) is 283 Å². The number of nitrogens with one attached hydrogen (secondary N) is 1. The zero-order valence-corrected chi connectivity index (χ0v) is 35.6. The summed E-state index contributed by atoms with van der Waals surface area (Å²) in [6.07, 6.45) is 55.9. The van der Waals surface area contributed by atoms with Crippen LogP contribution in [0.4, 0.5) is 0 Å². The monoisotopic (exact) mass is 734 g/mol. The second-order valence-electron chi connectivity index (χ2n) is 16.5. The number of aliphatic hydroxyl groups excluding tert-OH is 2. The molecule has 0 fully saturated rings. The number of aliphatic hydroxyl groups is 2. The highest BCUT2D eigenvalue weighted by Gasteiger charge is 2.20. The smallest absolute Gasteiger partial charge is 0.220 e. The lowest BCUT2D eigenvalue weighted by Crippen LogP contribution is -2.45. The number of unbranched alkanes of at least 4 members (excludes halogenated alkanes) is 35. The molecule has 0 bridgehead atoms. The molecule has 1 amide bonds. The van der Waals surface area contributed by atoms with Crippen molar-refractivity contribution in [1.82, 2.24) is 5.32 Å². The van der Waals surface area contributed by atoms with Crippen molar-refractivity contribution < 1.29 is 15.0 Å². The van der Waals surface area contributed by atoms with Gasteiger partial charge in [-0.25, -0.2) is 0 Å². The van der Waals surface area contributed by atoms with Crippen molar-refractivity contribution in [3.63, 3.8) is 0 Å². The Hall–Kier alpha value is -0.870. The summed E-state index contributed by atoms with van der Waals surface area (Å²) in [6, 6.07) is -0.532. The van der Waals surface area contributed by atoms with E-state index in [1.807, 2.05) is 0 Å². The van der Waals surface area contributed by atoms with Crippen LogP contribution in [0.1, 0.15) is 271 Å². The minimum absolute atomic E-state index is 0.0273. The fraction of sp³-hybridized carbons (Fsp3) is 0.938. The lowest BCUT2D eigenvalue weighted by atomic mass is 10.0. The van der Waals surface area contributed by atoms with Crippen LogP contribution in [0.25, 0.3) is 0 Å². The van der Waals surface area contributed by atoms with Gasteiger partial charge >= 0.3 is 0 Å². The van der Waals surface area contributed by atoms with Crippen LogP contribution in [-0.2, 0) is 4.79 Å². The summed E-state index contributed by atoms with van der Waals surface area (Å²) in [5.74, 6) is -0.0273. The van der Waals surface area contributed by atoms with E-state index in [4.69, 9.17) is 0 Å². The molecule has 0 unspecified atom stereocenters. The van der Waals surface area contributed by atoms with Crippen LogP contribution in [0, 0.1) is 0 Å². The Labute approximate surface area is 327 Å². The number of hydrogen-bond donors (Lipinski definition) is 3. The van der Waals surface area contributed by atoms with Crippen molar-refractivity contribution in [1.29, 1.82) is 0 Å². The highest BCUT2D eigenvalue weighted by molar-refractivity contribution is 5.76. The molecule has 310 valence electrons. The zero-order valence-electron chi connectivity index (χ0n) is 35.6. The largest absolute Gasteiger partial charge is 0.394 e. The van der Waals surface area contributed by atoms with Crippen LogP contribution >= 0.6 is 0 Å². The fourth-order valence-corrected chi connectivity index (χ4v) is 7.59. The number of carbonyl (C=O) groups is 1. The maximum Gasteiger partial charge on any atom is 0.220 e. The summed E-state index contributed by atoms with van der Waals surface area (Å²) in [5, 5.41) is 23.2. The van der Waals surface area contributed by atoms with Gasteiger partial charge in [0.05, 0.1) is 18.8 Å². The summed E-state index contributed by atoms with van der Waals surface area (Å²) < 4.78 is 0. The Bertz CT molecular complexity index is 710. The van der Waals surface area contributed by atoms with Crippen molar-refractivity contribution in [3.8, 4) is 0 Å². The molecule has 0 aromatic rings. The molecule has 2 atom stereocenters. The molecular weight excluding hydrogens is 639 g/mol. The Morgan fingerprint density at radius 2 is 0.731 bits per heavy atom. The predicted octanol–water partition coefficient (Wildman–Crippen LogP) is 15.0. The van der Waals surface area contributed by atoms with E-state index in [9.17, 15) is 15.0 Å². The van der Waals surface area contributed by atoms with Gasteiger partial charge in [-0.2, -0.15) is 0 Å². The van der Waals surface area contributed by atoms with Crippen molar-refractivity contribution in [2.24, 2.45) is 0 Å². The van der Waals surface area contributed by atoms with E-state index >= 15 is 0 Å². The molecule has 0 rings (SSSR count). The van der Waals surface area contributed by atoms with Crippen LogP contribution in [0.3, 0.4) is 0 Å². The molecule has 3 N–H and O–H groups in total. The van der Waals surface area contributed by atoms with E-state index in [0.717, 1.165) is 25.7 Å². The van der Waals surface area contributed by atoms with Crippen LogP contribution in [-0.4, -0.2) is 34.9 Å². The molecule has 0 aromatic carbocycles. The van der Waals surface area contributed by atoms with Gasteiger partial charge in [0, 0.05) is 6.42 Å². The quantitative estimate of drug-likeness (QED) is 0.0431. The molecule has 0 saturated heterocycles. The molecule has 0 radical (unpaired) electrons. The zero-order chi connectivity index (χ0) is 37.8. The van der Waals surface area contributed by atoms with Gasteiger partial charge < -0.3 is 15.5 Å². The standard InChI is InChI=1S/C48H95NO3/c1-3-5-7-9-11-13-15-17-19-21-22-23-24-25-26-28-30-32-34-36-38-40-42-44-48(52)49-46(45-50)47(51)43-41-39-37-35-33-31-29-27-20-18-16-14-12-10-8-6-4-2/h17,19,46-47,50-51H,3-16,18,20-45H2,1-2H3,(H,49,52)/b19-17+/t46-,47+/m0/s1. The van der Waals surface area contributed by atoms with Crippen LogP contribution in [0.5, 0.6) is 0 Å². The van der Waals surface area contributed by atoms with E-state index in [1.54, 1.807) is 0 Å². The van der Waals surface area contributed by atoms with Gasteiger partial charge in [0.2, 0.25) is 5.91 Å². The molecule has 0 spiro atoms. The fourth-order valence-electron chi connectivity index (χ4n) is 7.59. The highest BCUT2D eigenvalue weighted by atomic mass is 16.3. The third-order valence-electron chi connectivity index (χ3n) is 11.3. The van der Waals surface area contributed by atoms with Crippen LogP contribution in [0.2, 0.25) is 0 Å². The summed E-state index contributed by atoms with van der Waals surface area (Å²) in [6.45, 7) is 4.38. The number of hydrogen-bond acceptors (Lipinski definition) is 3. The molecule has 0 aliphatic rings. The average molecular weight is 734 g/mol. The molecule has 0 saturated carbocycles. The lowest BCUT2D eigenvalue weighted by Gasteiger charge is -2.22. The first-order valence-electron chi connectivity index (χ1n) is 23.9. The summed E-state index contributed by atoms with van der Waals surface area (Å²) in [5.41, 5.74) is 0. The van der Waals surface area contributed by atoms with Crippen molar-refractivity contribution >= 4 is 5.91 Å². The van der Waals surface area contributed by atoms with E-state index in [2.05, 4.69) is 31.3 Å². The third-order valence-corrected chi connectivity index (χ3v) is 11.3. The second kappa shape index (κ2) is 44.5. The normalized spacial score (nSPS) is 12.9. The molecule has 0 aliphatic carbocycles. The van der Waals surface area contributed by atoms with Gasteiger partial charge in [-0.1, -0.05) is 238 Å². The third kappa shape index (κ3) is 40.3. The maximum atomic E-state index is 12.4. The first-order chi connectivity index (χ1) is 25.7. The van der Waals surface area contributed by atoms with E-state index in [1.165, 1.54) is 218 Å². The minimum Gasteiger partial charge on any atom is -0.394 e. The molecule has 0 aliphatic heterocycles. The summed E-state index contributed by atoms with van der Waals surface area (Å²) in [7, 11) is 0. The Kier molecular flexibility index (Phi) is 43.8. The Balaban J connectivity index is 3.46. The highest BCUT2D eigenvalue weighted by Crippen LogP contribution is 2.17. The summed E-state index contributed by atoms with van der Waals surface area (Å²) >= 11 is 0. The van der Waals surface area contributed by atoms with Crippen LogP contribution in [0.15, 0.2) is 12.2 Å². The second-order valence-corrected chi connectivity index (χ2v) is 16.5. The summed E-state index contributed by atoms with van der Waals surface area (Å²) in [4.78, 5) is 12.4. The van der Waals surface area contributed by atoms with Gasteiger partial charge in [-0.05, 0) is 38.5 Å². The Morgan fingerprint density at radius 3 is 1.06 bits per heavy atom. The van der Waals surface area contributed by atoms with Gasteiger partial charge in [0.1, 0.15) is 0 Å². The first kappa shape index (κ1) is 51.1. The van der Waals surface area contributed by atoms with Gasteiger partial charge in [-0.15, -0.1) is 0 Å². The van der Waals surface area contributed by atoms with Crippen molar-refractivity contribution in [3.05, 3.63) is 12.2 Å². The number of carbonyl (C=O) groups excluding carboxylic acids is 1. The lowest BCUT2D eigenvalue weighted by molar-refractivity contribution is -0.123. The van der Waals surface area contributed by atoms with Crippen molar-refractivity contribution in [2.75, 3.05) is 6.61 Å². The van der Waals surface area contributed by atoms with E-state index in [-0.39, 0.29) is 12.5 Å². The van der Waals surface area contributed by atoms with Gasteiger partial charge in [-0.3, -0.25) is 4.79 Å². The Morgan fingerprint density at radius 1 is 0.442 bits per heavy atom. The van der Waals surface area contributed by atoms with Gasteiger partial charge in [0.15, 0.2) is 0 Å². The maximum absolute atomic E-state index is 12.4. The topological polar surface area (TPSA) is 69.6 Å².